The Morgan fingerprint density at radius 2 is 2.44 bits per heavy atom. The number of methoxy groups -OCH3 is 1. The van der Waals surface area contributed by atoms with Crippen molar-refractivity contribution in [3.05, 3.63) is 11.9 Å². The van der Waals surface area contributed by atoms with Crippen LogP contribution in [-0.2, 0) is 9.53 Å². The number of hydrogen-bond acceptors (Lipinski definition) is 6. The van der Waals surface area contributed by atoms with E-state index in [9.17, 15) is 9.59 Å². The zero-order valence-corrected chi connectivity index (χ0v) is 9.57. The molecule has 1 aliphatic rings. The van der Waals surface area contributed by atoms with Crippen LogP contribution in [0.25, 0.3) is 0 Å². The summed E-state index contributed by atoms with van der Waals surface area (Å²) in [4.78, 5) is 24.9. The number of amides is 1. The Bertz CT molecular complexity index is 393. The highest BCUT2D eigenvalue weighted by atomic mass is 32.1. The Hall–Kier alpha value is -1.50. The summed E-state index contributed by atoms with van der Waals surface area (Å²) >= 11 is 0.978. The van der Waals surface area contributed by atoms with Crippen LogP contribution in [0.3, 0.4) is 0 Å². The van der Waals surface area contributed by atoms with E-state index in [0.717, 1.165) is 18.1 Å². The molecule has 1 aromatic rings. The normalized spacial score (nSPS) is 19.8. The molecule has 86 valence electrons. The van der Waals surface area contributed by atoms with Crippen molar-refractivity contribution in [2.24, 2.45) is 0 Å². The van der Waals surface area contributed by atoms with Gasteiger partial charge in [0.1, 0.15) is 6.04 Å². The Kier molecular flexibility index (Phi) is 3.14. The third-order valence-corrected chi connectivity index (χ3v) is 3.05. The molecule has 0 bridgehead atoms. The summed E-state index contributed by atoms with van der Waals surface area (Å²) in [6.07, 6.45) is 2.87. The van der Waals surface area contributed by atoms with Gasteiger partial charge in [0.15, 0.2) is 5.69 Å². The van der Waals surface area contributed by atoms with Crippen molar-refractivity contribution in [2.45, 2.75) is 18.9 Å². The second-order valence-corrected chi connectivity index (χ2v) is 4.03. The molecule has 1 aromatic heterocycles. The molecule has 1 fully saturated rings. The highest BCUT2D eigenvalue weighted by molar-refractivity contribution is 6.99. The Labute approximate surface area is 96.5 Å². The quantitative estimate of drug-likeness (QED) is 0.697. The fourth-order valence-electron chi connectivity index (χ4n) is 1.80. The number of likely N-dealkylation sites (tertiary alicyclic amines) is 1. The van der Waals surface area contributed by atoms with Crippen LogP contribution in [0, 0.1) is 0 Å². The lowest BCUT2D eigenvalue weighted by atomic mass is 10.2. The van der Waals surface area contributed by atoms with E-state index in [2.05, 4.69) is 13.5 Å². The number of ether oxygens (including phenoxy) is 1. The molecule has 1 unspecified atom stereocenters. The van der Waals surface area contributed by atoms with E-state index in [1.54, 1.807) is 0 Å². The Morgan fingerprint density at radius 1 is 1.62 bits per heavy atom. The third kappa shape index (κ3) is 1.90. The summed E-state index contributed by atoms with van der Waals surface area (Å²) in [7, 11) is 1.33. The van der Waals surface area contributed by atoms with Gasteiger partial charge in [0.2, 0.25) is 0 Å². The maximum Gasteiger partial charge on any atom is 0.328 e. The molecule has 6 nitrogen and oxygen atoms in total. The minimum absolute atomic E-state index is 0.248. The SMILES string of the molecule is COC(=O)C1CCCN1C(=O)c1cnsn1. The summed E-state index contributed by atoms with van der Waals surface area (Å²) < 4.78 is 12.3. The van der Waals surface area contributed by atoms with Gasteiger partial charge >= 0.3 is 5.97 Å². The van der Waals surface area contributed by atoms with E-state index in [-0.39, 0.29) is 11.9 Å². The molecule has 0 aromatic carbocycles. The molecule has 0 aliphatic carbocycles. The second-order valence-electron chi connectivity index (χ2n) is 3.47. The van der Waals surface area contributed by atoms with E-state index in [0.29, 0.717) is 18.7 Å². The fraction of sp³-hybridized carbons (Fsp3) is 0.556. The van der Waals surface area contributed by atoms with Crippen LogP contribution in [0.1, 0.15) is 23.3 Å². The van der Waals surface area contributed by atoms with E-state index in [1.807, 2.05) is 0 Å². The summed E-state index contributed by atoms with van der Waals surface area (Å²) in [6, 6.07) is -0.473. The van der Waals surface area contributed by atoms with E-state index in [4.69, 9.17) is 0 Å². The van der Waals surface area contributed by atoms with Crippen molar-refractivity contribution < 1.29 is 14.3 Å². The molecule has 0 spiro atoms. The molecule has 1 saturated heterocycles. The zero-order chi connectivity index (χ0) is 11.5. The lowest BCUT2D eigenvalue weighted by molar-refractivity contribution is -0.145. The largest absolute Gasteiger partial charge is 0.467 e. The van der Waals surface area contributed by atoms with Crippen molar-refractivity contribution in [1.82, 2.24) is 13.6 Å². The third-order valence-electron chi connectivity index (χ3n) is 2.57. The van der Waals surface area contributed by atoms with Gasteiger partial charge in [-0.1, -0.05) is 0 Å². The number of carbonyl (C=O) groups is 2. The first-order valence-electron chi connectivity index (χ1n) is 4.90. The average molecular weight is 241 g/mol. The van der Waals surface area contributed by atoms with Crippen molar-refractivity contribution in [3.63, 3.8) is 0 Å². The van der Waals surface area contributed by atoms with Crippen LogP contribution in [-0.4, -0.2) is 45.2 Å². The molecule has 0 saturated carbocycles. The van der Waals surface area contributed by atoms with Gasteiger partial charge in [-0.05, 0) is 12.8 Å². The van der Waals surface area contributed by atoms with Crippen molar-refractivity contribution in [1.29, 1.82) is 0 Å². The number of rotatable bonds is 2. The topological polar surface area (TPSA) is 72.4 Å². The average Bonchev–Trinajstić information content (AvgIpc) is 2.97. The molecule has 2 rings (SSSR count). The molecular formula is C9H11N3O3S. The number of aromatic nitrogens is 2. The number of hydrogen-bond donors (Lipinski definition) is 0. The predicted octanol–water partition coefficient (Wildman–Crippen LogP) is 0.316. The number of nitrogens with zero attached hydrogens (tertiary/aromatic N) is 3. The Balaban J connectivity index is 2.14. The minimum Gasteiger partial charge on any atom is -0.467 e. The van der Waals surface area contributed by atoms with Crippen LogP contribution in [0.2, 0.25) is 0 Å². The Morgan fingerprint density at radius 3 is 3.06 bits per heavy atom. The van der Waals surface area contributed by atoms with Gasteiger partial charge < -0.3 is 9.64 Å². The zero-order valence-electron chi connectivity index (χ0n) is 8.75. The highest BCUT2D eigenvalue weighted by Crippen LogP contribution is 2.20. The molecule has 16 heavy (non-hydrogen) atoms. The summed E-state index contributed by atoms with van der Waals surface area (Å²) in [5, 5.41) is 0. The van der Waals surface area contributed by atoms with Crippen LogP contribution >= 0.6 is 11.7 Å². The maximum atomic E-state index is 12.0. The first kappa shape index (κ1) is 11.0. The lowest BCUT2D eigenvalue weighted by Crippen LogP contribution is -2.41. The van der Waals surface area contributed by atoms with Gasteiger partial charge in [0, 0.05) is 6.54 Å². The van der Waals surface area contributed by atoms with Crippen LogP contribution in [0.4, 0.5) is 0 Å². The molecule has 0 N–H and O–H groups in total. The molecule has 1 aliphatic heterocycles. The molecule has 0 radical (unpaired) electrons. The van der Waals surface area contributed by atoms with Crippen molar-refractivity contribution in [2.75, 3.05) is 13.7 Å². The molecule has 1 atom stereocenters. The minimum atomic E-state index is -0.473. The van der Waals surface area contributed by atoms with Gasteiger partial charge in [-0.3, -0.25) is 4.79 Å². The molecule has 2 heterocycles. The second kappa shape index (κ2) is 4.56. The standard InChI is InChI=1S/C9H11N3O3S/c1-15-9(14)7-3-2-4-12(7)8(13)6-5-10-16-11-6/h5,7H,2-4H2,1H3. The van der Waals surface area contributed by atoms with E-state index >= 15 is 0 Å². The highest BCUT2D eigenvalue weighted by Gasteiger charge is 2.35. The molecular weight excluding hydrogens is 230 g/mol. The van der Waals surface area contributed by atoms with Crippen LogP contribution in [0.5, 0.6) is 0 Å². The smallest absolute Gasteiger partial charge is 0.328 e. The summed E-state index contributed by atoms with van der Waals surface area (Å²) in [6.45, 7) is 0.566. The van der Waals surface area contributed by atoms with Crippen molar-refractivity contribution in [3.8, 4) is 0 Å². The van der Waals surface area contributed by atoms with Crippen LogP contribution in [0.15, 0.2) is 6.20 Å². The first-order chi connectivity index (χ1) is 7.74. The fourth-order valence-corrected chi connectivity index (χ4v) is 2.20. The summed E-state index contributed by atoms with van der Waals surface area (Å²) in [5.41, 5.74) is 0.292. The predicted molar refractivity (Wildman–Crippen MR) is 56.0 cm³/mol. The summed E-state index contributed by atoms with van der Waals surface area (Å²) in [5.74, 6) is -0.615. The van der Waals surface area contributed by atoms with Gasteiger partial charge in [-0.2, -0.15) is 8.75 Å². The van der Waals surface area contributed by atoms with Gasteiger partial charge in [-0.25, -0.2) is 4.79 Å². The lowest BCUT2D eigenvalue weighted by Gasteiger charge is -2.21. The molecule has 7 heteroatoms. The monoisotopic (exact) mass is 241 g/mol. The van der Waals surface area contributed by atoms with E-state index < -0.39 is 6.04 Å². The molecule has 1 amide bonds. The van der Waals surface area contributed by atoms with Gasteiger partial charge in [0.25, 0.3) is 5.91 Å². The van der Waals surface area contributed by atoms with Crippen LogP contribution < -0.4 is 0 Å². The number of carbonyl (C=O) groups excluding carboxylic acids is 2. The maximum absolute atomic E-state index is 12.0. The number of esters is 1. The van der Waals surface area contributed by atoms with E-state index in [1.165, 1.54) is 18.2 Å². The van der Waals surface area contributed by atoms with Gasteiger partial charge in [-0.15, -0.1) is 0 Å². The van der Waals surface area contributed by atoms with Crippen molar-refractivity contribution >= 4 is 23.6 Å². The van der Waals surface area contributed by atoms with Gasteiger partial charge in [0.05, 0.1) is 25.0 Å². The first-order valence-corrected chi connectivity index (χ1v) is 5.63.